The highest BCUT2D eigenvalue weighted by molar-refractivity contribution is 7.99. The summed E-state index contributed by atoms with van der Waals surface area (Å²) in [6.45, 7) is 8.85. The summed E-state index contributed by atoms with van der Waals surface area (Å²) in [6, 6.07) is 19.6. The van der Waals surface area contributed by atoms with E-state index in [0.29, 0.717) is 12.2 Å². The first-order valence-electron chi connectivity index (χ1n) is 8.87. The normalized spacial score (nSPS) is 11.6. The van der Waals surface area contributed by atoms with Crippen LogP contribution in [0.3, 0.4) is 0 Å². The number of hydrogen-bond acceptors (Lipinski definition) is 4. The largest absolute Gasteiger partial charge is 0.372 e. The predicted molar refractivity (Wildman–Crippen MR) is 111 cm³/mol. The second kappa shape index (κ2) is 9.29. The van der Waals surface area contributed by atoms with Gasteiger partial charge in [0, 0.05) is 28.1 Å². The third-order valence-electron chi connectivity index (χ3n) is 3.96. The van der Waals surface area contributed by atoms with E-state index >= 15 is 0 Å². The molecule has 0 aromatic heterocycles. The summed E-state index contributed by atoms with van der Waals surface area (Å²) < 4.78 is 0. The van der Waals surface area contributed by atoms with E-state index in [9.17, 15) is 10.1 Å². The highest BCUT2D eigenvalue weighted by Crippen LogP contribution is 2.33. The minimum absolute atomic E-state index is 0.0892. The number of benzene rings is 2. The number of hydrogen-bond donors (Lipinski definition) is 1. The molecule has 2 aromatic rings. The van der Waals surface area contributed by atoms with Crippen LogP contribution in [0, 0.1) is 11.3 Å². The molecule has 140 valence electrons. The fraction of sp³-hybridized carbons (Fsp3) is 0.273. The fourth-order valence-corrected chi connectivity index (χ4v) is 3.44. The molecule has 0 radical (unpaired) electrons. The summed E-state index contributed by atoms with van der Waals surface area (Å²) in [5.74, 6) is -0.402. The van der Waals surface area contributed by atoms with Gasteiger partial charge in [-0.1, -0.05) is 42.1 Å². The Kier molecular flexibility index (Phi) is 7.09. The van der Waals surface area contributed by atoms with Gasteiger partial charge in [-0.05, 0) is 52.0 Å². The van der Waals surface area contributed by atoms with E-state index < -0.39 is 5.91 Å². The first-order valence-corrected chi connectivity index (χ1v) is 9.68. The van der Waals surface area contributed by atoms with E-state index in [1.54, 1.807) is 18.0 Å². The molecule has 0 spiro atoms. The van der Waals surface area contributed by atoms with Crippen LogP contribution in [-0.2, 0) is 4.79 Å². The lowest BCUT2D eigenvalue weighted by Gasteiger charge is -2.33. The third-order valence-corrected chi connectivity index (χ3v) is 5.04. The average molecular weight is 380 g/mol. The molecule has 0 fully saturated rings. The van der Waals surface area contributed by atoms with Crippen LogP contribution < -0.4 is 5.32 Å². The maximum Gasteiger partial charge on any atom is 0.267 e. The molecule has 0 aliphatic carbocycles. The Bertz CT molecular complexity index is 848. The minimum Gasteiger partial charge on any atom is -0.372 e. The van der Waals surface area contributed by atoms with Crippen LogP contribution in [0.25, 0.3) is 0 Å². The van der Waals surface area contributed by atoms with Gasteiger partial charge in [0.2, 0.25) is 0 Å². The lowest BCUT2D eigenvalue weighted by Crippen LogP contribution is -2.37. The van der Waals surface area contributed by atoms with Crippen molar-refractivity contribution in [3.8, 4) is 6.07 Å². The summed E-state index contributed by atoms with van der Waals surface area (Å²) in [4.78, 5) is 16.7. The van der Waals surface area contributed by atoms with Crippen molar-refractivity contribution in [2.45, 2.75) is 43.0 Å². The SMILES string of the molecule is CCN(/C=C(/C#N)C(=O)Nc1ccccc1Sc1ccccc1)C(C)(C)C. The van der Waals surface area contributed by atoms with Gasteiger partial charge in [-0.25, -0.2) is 0 Å². The summed E-state index contributed by atoms with van der Waals surface area (Å²) in [7, 11) is 0. The highest BCUT2D eigenvalue weighted by atomic mass is 32.2. The van der Waals surface area contributed by atoms with E-state index in [4.69, 9.17) is 0 Å². The van der Waals surface area contributed by atoms with E-state index in [1.165, 1.54) is 0 Å². The van der Waals surface area contributed by atoms with Gasteiger partial charge in [0.25, 0.3) is 5.91 Å². The van der Waals surface area contributed by atoms with E-state index in [2.05, 4.69) is 5.32 Å². The Balaban J connectivity index is 2.23. The molecule has 27 heavy (non-hydrogen) atoms. The number of nitrogens with one attached hydrogen (secondary N) is 1. The van der Waals surface area contributed by atoms with Gasteiger partial charge in [-0.15, -0.1) is 0 Å². The topological polar surface area (TPSA) is 56.1 Å². The zero-order valence-corrected chi connectivity index (χ0v) is 17.0. The summed E-state index contributed by atoms with van der Waals surface area (Å²) in [5.41, 5.74) is 0.612. The van der Waals surface area contributed by atoms with Crippen LogP contribution in [0.1, 0.15) is 27.7 Å². The highest BCUT2D eigenvalue weighted by Gasteiger charge is 2.20. The Morgan fingerprint density at radius 2 is 1.78 bits per heavy atom. The van der Waals surface area contributed by atoms with Crippen molar-refractivity contribution in [3.63, 3.8) is 0 Å². The van der Waals surface area contributed by atoms with Crippen LogP contribution >= 0.6 is 11.8 Å². The molecule has 0 atom stereocenters. The molecule has 4 nitrogen and oxygen atoms in total. The van der Waals surface area contributed by atoms with Gasteiger partial charge in [0.15, 0.2) is 0 Å². The molecule has 5 heteroatoms. The molecule has 0 bridgehead atoms. The second-order valence-electron chi connectivity index (χ2n) is 6.98. The number of carbonyl (C=O) groups is 1. The van der Waals surface area contributed by atoms with Crippen LogP contribution in [0.5, 0.6) is 0 Å². The summed E-state index contributed by atoms with van der Waals surface area (Å²) in [5, 5.41) is 12.4. The van der Waals surface area contributed by atoms with Crippen molar-refractivity contribution >= 4 is 23.4 Å². The number of nitriles is 1. The quantitative estimate of drug-likeness (QED) is 0.546. The number of carbonyl (C=O) groups excluding carboxylic acids is 1. The van der Waals surface area contributed by atoms with Gasteiger partial charge in [0.05, 0.1) is 5.69 Å². The van der Waals surface area contributed by atoms with Crippen molar-refractivity contribution in [2.24, 2.45) is 0 Å². The van der Waals surface area contributed by atoms with Crippen molar-refractivity contribution in [1.29, 1.82) is 5.26 Å². The number of rotatable bonds is 6. The Morgan fingerprint density at radius 3 is 2.37 bits per heavy atom. The van der Waals surface area contributed by atoms with Crippen LogP contribution in [0.4, 0.5) is 5.69 Å². The van der Waals surface area contributed by atoms with Gasteiger partial charge >= 0.3 is 0 Å². The smallest absolute Gasteiger partial charge is 0.267 e. The molecule has 2 aromatic carbocycles. The van der Waals surface area contributed by atoms with Crippen LogP contribution in [0.2, 0.25) is 0 Å². The molecule has 0 unspecified atom stereocenters. The minimum atomic E-state index is -0.402. The standard InChI is InChI=1S/C22H25N3OS/c1-5-25(22(2,3)4)16-17(15-23)21(26)24-19-13-9-10-14-20(19)27-18-11-7-6-8-12-18/h6-14,16H,5H2,1-4H3,(H,24,26)/b17-16-. The molecule has 0 heterocycles. The Morgan fingerprint density at radius 1 is 1.15 bits per heavy atom. The molecule has 2 rings (SSSR count). The van der Waals surface area contributed by atoms with Gasteiger partial charge in [-0.2, -0.15) is 5.26 Å². The molecule has 0 saturated heterocycles. The van der Waals surface area contributed by atoms with Crippen molar-refractivity contribution in [3.05, 3.63) is 66.4 Å². The van der Waals surface area contributed by atoms with Crippen molar-refractivity contribution in [2.75, 3.05) is 11.9 Å². The fourth-order valence-electron chi connectivity index (χ4n) is 2.52. The molecule has 0 aliphatic rings. The number of anilines is 1. The summed E-state index contributed by atoms with van der Waals surface area (Å²) in [6.07, 6.45) is 1.64. The average Bonchev–Trinajstić information content (AvgIpc) is 2.64. The van der Waals surface area contributed by atoms with E-state index in [0.717, 1.165) is 9.79 Å². The van der Waals surface area contributed by atoms with E-state index in [-0.39, 0.29) is 11.1 Å². The molecular weight excluding hydrogens is 354 g/mol. The molecule has 1 N–H and O–H groups in total. The van der Waals surface area contributed by atoms with Crippen molar-refractivity contribution in [1.82, 2.24) is 4.90 Å². The number of amides is 1. The maximum absolute atomic E-state index is 12.7. The Hall–Kier alpha value is -2.71. The lowest BCUT2D eigenvalue weighted by atomic mass is 10.1. The van der Waals surface area contributed by atoms with E-state index in [1.807, 2.05) is 93.3 Å². The zero-order valence-electron chi connectivity index (χ0n) is 16.2. The predicted octanol–water partition coefficient (Wildman–Crippen LogP) is 5.30. The molecule has 0 aliphatic heterocycles. The molecule has 1 amide bonds. The number of nitrogens with zero attached hydrogens (tertiary/aromatic N) is 2. The molecule has 0 saturated carbocycles. The van der Waals surface area contributed by atoms with Gasteiger partial charge in [0.1, 0.15) is 11.6 Å². The first kappa shape index (κ1) is 20.6. The van der Waals surface area contributed by atoms with Gasteiger partial charge in [-0.3, -0.25) is 4.79 Å². The van der Waals surface area contributed by atoms with Crippen LogP contribution in [0.15, 0.2) is 76.2 Å². The van der Waals surface area contributed by atoms with Crippen molar-refractivity contribution < 1.29 is 4.79 Å². The molecular formula is C22H25N3OS. The monoisotopic (exact) mass is 379 g/mol. The zero-order chi connectivity index (χ0) is 19.9. The third kappa shape index (κ3) is 5.90. The summed E-state index contributed by atoms with van der Waals surface area (Å²) >= 11 is 1.57. The maximum atomic E-state index is 12.7. The lowest BCUT2D eigenvalue weighted by molar-refractivity contribution is -0.112. The van der Waals surface area contributed by atoms with Gasteiger partial charge < -0.3 is 10.2 Å². The Labute approximate surface area is 165 Å². The first-order chi connectivity index (χ1) is 12.8. The van der Waals surface area contributed by atoms with Crippen LogP contribution in [-0.4, -0.2) is 22.9 Å². The second-order valence-corrected chi connectivity index (χ2v) is 8.09. The number of para-hydroxylation sites is 1.